The Hall–Kier alpha value is -2.01. The fourth-order valence-electron chi connectivity index (χ4n) is 3.61. The van der Waals surface area contributed by atoms with E-state index in [-0.39, 0.29) is 23.7 Å². The van der Waals surface area contributed by atoms with Gasteiger partial charge in [-0.2, -0.15) is 0 Å². The lowest BCUT2D eigenvalue weighted by Gasteiger charge is -2.23. The van der Waals surface area contributed by atoms with E-state index >= 15 is 0 Å². The van der Waals surface area contributed by atoms with Gasteiger partial charge in [0.05, 0.1) is 6.54 Å². The first kappa shape index (κ1) is 17.8. The summed E-state index contributed by atoms with van der Waals surface area (Å²) in [4.78, 5) is 14.1. The first-order valence-electron chi connectivity index (χ1n) is 8.99. The molecule has 0 aliphatic heterocycles. The van der Waals surface area contributed by atoms with E-state index in [2.05, 4.69) is 5.32 Å². The average Bonchev–Trinajstić information content (AvgIpc) is 2.87. The van der Waals surface area contributed by atoms with Gasteiger partial charge in [-0.15, -0.1) is 0 Å². The summed E-state index contributed by atoms with van der Waals surface area (Å²) in [5.41, 5.74) is 2.69. The van der Waals surface area contributed by atoms with Gasteiger partial charge in [-0.25, -0.2) is 0 Å². The molecule has 1 aromatic heterocycles. The second kappa shape index (κ2) is 6.71. The predicted octanol–water partition coefficient (Wildman–Crippen LogP) is 3.36. The summed E-state index contributed by atoms with van der Waals surface area (Å²) in [6, 6.07) is 3.54. The third-order valence-corrected chi connectivity index (χ3v) is 4.56. The topological polar surface area (TPSA) is 65.7 Å². The normalized spacial score (nSPS) is 14.8. The van der Waals surface area contributed by atoms with Gasteiger partial charge in [0.15, 0.2) is 0 Å². The molecular weight excluding hydrogens is 316 g/mol. The van der Waals surface area contributed by atoms with E-state index in [1.165, 1.54) is 5.56 Å². The monoisotopic (exact) mass is 344 g/mol. The Morgan fingerprint density at radius 2 is 2.00 bits per heavy atom. The molecule has 0 bridgehead atoms. The molecule has 1 aliphatic rings. The standard InChI is InChI=1S/C20H28N2O3/c1-20(2,3)21-18(24)12-22(4)11-14-15(23)9-10-17-19(14)13-7-5-6-8-16(13)25-17/h9-10,23H,5-8,11-12H2,1-4H3,(H,21,24). The van der Waals surface area contributed by atoms with Crippen LogP contribution >= 0.6 is 0 Å². The maximum absolute atomic E-state index is 12.2. The molecule has 0 fully saturated rings. The highest BCUT2D eigenvalue weighted by atomic mass is 16.3. The molecule has 1 amide bonds. The molecular formula is C20H28N2O3. The van der Waals surface area contributed by atoms with Crippen molar-refractivity contribution in [1.82, 2.24) is 10.2 Å². The smallest absolute Gasteiger partial charge is 0.234 e. The van der Waals surface area contributed by atoms with Gasteiger partial charge < -0.3 is 14.8 Å². The molecule has 136 valence electrons. The molecule has 3 rings (SSSR count). The number of aryl methyl sites for hydroxylation is 2. The van der Waals surface area contributed by atoms with Crippen molar-refractivity contribution in [2.75, 3.05) is 13.6 Å². The zero-order chi connectivity index (χ0) is 18.2. The van der Waals surface area contributed by atoms with Crippen LogP contribution in [0.15, 0.2) is 16.5 Å². The van der Waals surface area contributed by atoms with E-state index in [0.717, 1.165) is 48.0 Å². The van der Waals surface area contributed by atoms with Gasteiger partial charge in [0.25, 0.3) is 0 Å². The number of benzene rings is 1. The van der Waals surface area contributed by atoms with Gasteiger partial charge in [-0.05, 0) is 59.2 Å². The summed E-state index contributed by atoms with van der Waals surface area (Å²) in [5.74, 6) is 1.31. The van der Waals surface area contributed by atoms with Gasteiger partial charge in [-0.1, -0.05) is 0 Å². The highest BCUT2D eigenvalue weighted by Crippen LogP contribution is 2.37. The van der Waals surface area contributed by atoms with Crippen LogP contribution in [0.2, 0.25) is 0 Å². The SMILES string of the molecule is CN(CC(=O)NC(C)(C)C)Cc1c(O)ccc2oc3c(c12)CCCC3. The van der Waals surface area contributed by atoms with E-state index in [1.807, 2.05) is 38.8 Å². The zero-order valence-corrected chi connectivity index (χ0v) is 15.6. The molecule has 0 unspecified atom stereocenters. The first-order chi connectivity index (χ1) is 11.7. The van der Waals surface area contributed by atoms with Gasteiger partial charge >= 0.3 is 0 Å². The lowest BCUT2D eigenvalue weighted by atomic mass is 9.93. The van der Waals surface area contributed by atoms with Crippen LogP contribution in [0.25, 0.3) is 11.0 Å². The van der Waals surface area contributed by atoms with Gasteiger partial charge in [-0.3, -0.25) is 9.69 Å². The molecule has 0 radical (unpaired) electrons. The van der Waals surface area contributed by atoms with Crippen molar-refractivity contribution < 1.29 is 14.3 Å². The number of fused-ring (bicyclic) bond motifs is 3. The van der Waals surface area contributed by atoms with Crippen LogP contribution in [0.5, 0.6) is 5.75 Å². The van der Waals surface area contributed by atoms with Crippen LogP contribution in [0.4, 0.5) is 0 Å². The fourth-order valence-corrected chi connectivity index (χ4v) is 3.61. The van der Waals surface area contributed by atoms with E-state index in [0.29, 0.717) is 6.54 Å². The highest BCUT2D eigenvalue weighted by molar-refractivity contribution is 5.88. The summed E-state index contributed by atoms with van der Waals surface area (Å²) in [7, 11) is 1.90. The summed E-state index contributed by atoms with van der Waals surface area (Å²) < 4.78 is 6.01. The van der Waals surface area contributed by atoms with Crippen LogP contribution in [0.1, 0.15) is 50.5 Å². The lowest BCUT2D eigenvalue weighted by molar-refractivity contribution is -0.123. The number of aromatic hydroxyl groups is 1. The molecule has 1 aromatic carbocycles. The van der Waals surface area contributed by atoms with Crippen LogP contribution < -0.4 is 5.32 Å². The number of likely N-dealkylation sites (N-methyl/N-ethyl adjacent to an activating group) is 1. The van der Waals surface area contributed by atoms with Crippen molar-refractivity contribution in [2.45, 2.75) is 58.5 Å². The molecule has 2 N–H and O–H groups in total. The Morgan fingerprint density at radius 1 is 1.28 bits per heavy atom. The Balaban J connectivity index is 1.84. The Morgan fingerprint density at radius 3 is 2.72 bits per heavy atom. The predicted molar refractivity (Wildman–Crippen MR) is 98.8 cm³/mol. The van der Waals surface area contributed by atoms with Gasteiger partial charge in [0.2, 0.25) is 5.91 Å². The van der Waals surface area contributed by atoms with Crippen molar-refractivity contribution in [3.63, 3.8) is 0 Å². The molecule has 0 saturated heterocycles. The van der Waals surface area contributed by atoms with Crippen molar-refractivity contribution >= 4 is 16.9 Å². The van der Waals surface area contributed by atoms with Gasteiger partial charge in [0, 0.05) is 35.0 Å². The fraction of sp³-hybridized carbons (Fsp3) is 0.550. The number of rotatable bonds is 4. The molecule has 5 heteroatoms. The quantitative estimate of drug-likeness (QED) is 0.892. The van der Waals surface area contributed by atoms with Crippen molar-refractivity contribution in [1.29, 1.82) is 0 Å². The van der Waals surface area contributed by atoms with Crippen molar-refractivity contribution in [3.05, 3.63) is 29.0 Å². The summed E-state index contributed by atoms with van der Waals surface area (Å²) in [5, 5.41) is 14.4. The molecule has 1 aliphatic carbocycles. The van der Waals surface area contributed by atoms with Crippen LogP contribution in [0.3, 0.4) is 0 Å². The number of hydrogen-bond acceptors (Lipinski definition) is 4. The number of furan rings is 1. The van der Waals surface area contributed by atoms with Gasteiger partial charge in [0.1, 0.15) is 17.1 Å². The number of amides is 1. The zero-order valence-electron chi connectivity index (χ0n) is 15.6. The number of hydrogen-bond donors (Lipinski definition) is 2. The number of nitrogens with zero attached hydrogens (tertiary/aromatic N) is 1. The molecule has 0 spiro atoms. The molecule has 5 nitrogen and oxygen atoms in total. The molecule has 25 heavy (non-hydrogen) atoms. The number of nitrogens with one attached hydrogen (secondary N) is 1. The molecule has 1 heterocycles. The summed E-state index contributed by atoms with van der Waals surface area (Å²) in [6.07, 6.45) is 4.27. The van der Waals surface area contributed by atoms with E-state index in [1.54, 1.807) is 6.07 Å². The number of carbonyl (C=O) groups is 1. The van der Waals surface area contributed by atoms with E-state index in [4.69, 9.17) is 4.42 Å². The number of phenolic OH excluding ortho intramolecular Hbond substituents is 1. The van der Waals surface area contributed by atoms with Crippen molar-refractivity contribution in [2.24, 2.45) is 0 Å². The summed E-state index contributed by atoms with van der Waals surface area (Å²) >= 11 is 0. The Labute approximate surface area is 149 Å². The third-order valence-electron chi connectivity index (χ3n) is 4.56. The summed E-state index contributed by atoms with van der Waals surface area (Å²) in [6.45, 7) is 6.69. The van der Waals surface area contributed by atoms with Crippen LogP contribution in [0, 0.1) is 0 Å². The second-order valence-corrected chi connectivity index (χ2v) is 8.12. The minimum Gasteiger partial charge on any atom is -0.508 e. The van der Waals surface area contributed by atoms with Crippen LogP contribution in [-0.4, -0.2) is 35.0 Å². The van der Waals surface area contributed by atoms with E-state index in [9.17, 15) is 9.90 Å². The molecule has 2 aromatic rings. The Kier molecular flexibility index (Phi) is 4.78. The Bertz CT molecular complexity index is 786. The third kappa shape index (κ3) is 3.98. The van der Waals surface area contributed by atoms with Crippen molar-refractivity contribution in [3.8, 4) is 5.75 Å². The maximum atomic E-state index is 12.2. The lowest BCUT2D eigenvalue weighted by Crippen LogP contribution is -2.45. The van der Waals surface area contributed by atoms with E-state index < -0.39 is 0 Å². The highest BCUT2D eigenvalue weighted by Gasteiger charge is 2.23. The molecule has 0 saturated carbocycles. The molecule has 0 atom stereocenters. The minimum absolute atomic E-state index is 0.0177. The number of phenols is 1. The average molecular weight is 344 g/mol. The largest absolute Gasteiger partial charge is 0.508 e. The number of carbonyl (C=O) groups excluding carboxylic acids is 1. The minimum atomic E-state index is -0.246. The second-order valence-electron chi connectivity index (χ2n) is 8.12. The maximum Gasteiger partial charge on any atom is 0.234 e. The first-order valence-corrected chi connectivity index (χ1v) is 8.99. The van der Waals surface area contributed by atoms with Crippen LogP contribution in [-0.2, 0) is 24.2 Å².